The molecule has 0 amide bonds. The van der Waals surface area contributed by atoms with Crippen molar-refractivity contribution in [2.45, 2.75) is 32.9 Å². The van der Waals surface area contributed by atoms with E-state index in [1.54, 1.807) is 4.57 Å². The van der Waals surface area contributed by atoms with E-state index in [0.29, 0.717) is 29.5 Å². The number of nitrogens with zero attached hydrogens (tertiary/aromatic N) is 2. The predicted molar refractivity (Wildman–Crippen MR) is 132 cm³/mol. The van der Waals surface area contributed by atoms with E-state index in [4.69, 9.17) is 44.7 Å². The number of hydrogen-bond donors (Lipinski definition) is 1. The topological polar surface area (TPSA) is 73.1 Å². The molecule has 2 aromatic heterocycles. The Morgan fingerprint density at radius 3 is 2.58 bits per heavy atom. The summed E-state index contributed by atoms with van der Waals surface area (Å²) in [5.74, 6) is 1.29. The summed E-state index contributed by atoms with van der Waals surface area (Å²) in [6, 6.07) is 17.1. The van der Waals surface area contributed by atoms with E-state index in [0.717, 1.165) is 23.3 Å². The first-order chi connectivity index (χ1) is 15.9. The number of H-pyrrole nitrogens is 1. The van der Waals surface area contributed by atoms with Crippen LogP contribution >= 0.6 is 35.4 Å². The first-order valence-corrected chi connectivity index (χ1v) is 11.6. The molecule has 2 aromatic carbocycles. The number of aromatic amines is 1. The standard InChI is InChI=1S/C24H21Cl2N3O3S/c1-2-15-4-3-5-18(12-15)31-14-21-19(25)13-20(26)23(30)29(21)11-10-16-6-8-17(9-7-16)22-27-24(33)32-28-22/h3-9,12-13H,2,10-11,14H2,1H3,(H,27,28,33). The van der Waals surface area contributed by atoms with Crippen LogP contribution in [0, 0.1) is 4.84 Å². The highest BCUT2D eigenvalue weighted by atomic mass is 35.5. The molecule has 170 valence electrons. The fourth-order valence-electron chi connectivity index (χ4n) is 3.45. The summed E-state index contributed by atoms with van der Waals surface area (Å²) in [5, 5.41) is 4.35. The Bertz CT molecular complexity index is 1380. The molecule has 0 aliphatic rings. The van der Waals surface area contributed by atoms with Crippen molar-refractivity contribution in [2.75, 3.05) is 0 Å². The molecule has 0 unspecified atom stereocenters. The van der Waals surface area contributed by atoms with Gasteiger partial charge in [-0.05, 0) is 54.4 Å². The summed E-state index contributed by atoms with van der Waals surface area (Å²) in [6.07, 6.45) is 1.51. The number of rotatable bonds is 8. The molecule has 1 N–H and O–H groups in total. The quantitative estimate of drug-likeness (QED) is 0.288. The normalized spacial score (nSPS) is 11.0. The summed E-state index contributed by atoms with van der Waals surface area (Å²) in [7, 11) is 0. The molecule has 2 heterocycles. The van der Waals surface area contributed by atoms with Gasteiger partial charge in [-0.1, -0.05) is 71.7 Å². The van der Waals surface area contributed by atoms with Crippen molar-refractivity contribution in [3.05, 3.63) is 96.7 Å². The van der Waals surface area contributed by atoms with Gasteiger partial charge in [0.1, 0.15) is 17.4 Å². The number of halogens is 2. The molecule has 0 atom stereocenters. The van der Waals surface area contributed by atoms with E-state index in [1.807, 2.05) is 48.5 Å². The summed E-state index contributed by atoms with van der Waals surface area (Å²) in [6.45, 7) is 2.64. The highest BCUT2D eigenvalue weighted by Gasteiger charge is 2.14. The Labute approximate surface area is 205 Å². The third-order valence-electron chi connectivity index (χ3n) is 5.28. The van der Waals surface area contributed by atoms with E-state index >= 15 is 0 Å². The van der Waals surface area contributed by atoms with Gasteiger partial charge in [-0.2, -0.15) is 0 Å². The van der Waals surface area contributed by atoms with E-state index in [1.165, 1.54) is 11.6 Å². The molecule has 0 radical (unpaired) electrons. The Hall–Kier alpha value is -2.87. The number of hydrogen-bond acceptors (Lipinski definition) is 5. The first-order valence-electron chi connectivity index (χ1n) is 10.4. The maximum atomic E-state index is 12.8. The monoisotopic (exact) mass is 501 g/mol. The second-order valence-corrected chi connectivity index (χ2v) is 8.61. The molecule has 4 rings (SSSR count). The van der Waals surface area contributed by atoms with Crippen molar-refractivity contribution < 1.29 is 9.26 Å². The smallest absolute Gasteiger partial charge is 0.295 e. The molecular weight excluding hydrogens is 481 g/mol. The van der Waals surface area contributed by atoms with Crippen molar-refractivity contribution in [3.8, 4) is 17.1 Å². The van der Waals surface area contributed by atoms with E-state index in [9.17, 15) is 4.79 Å². The first kappa shape index (κ1) is 23.3. The number of pyridine rings is 1. The average molecular weight is 502 g/mol. The Morgan fingerprint density at radius 2 is 1.88 bits per heavy atom. The van der Waals surface area contributed by atoms with Crippen molar-refractivity contribution in [1.29, 1.82) is 0 Å². The minimum absolute atomic E-state index is 0.0772. The Balaban J connectivity index is 1.53. The van der Waals surface area contributed by atoms with Crippen LogP contribution in [0.15, 0.2) is 63.9 Å². The largest absolute Gasteiger partial charge is 0.487 e. The van der Waals surface area contributed by atoms with E-state index in [2.05, 4.69) is 17.1 Å². The second kappa shape index (κ2) is 10.4. The van der Waals surface area contributed by atoms with Crippen LogP contribution in [0.5, 0.6) is 5.75 Å². The van der Waals surface area contributed by atoms with Gasteiger partial charge >= 0.3 is 0 Å². The molecule has 0 saturated carbocycles. The zero-order valence-electron chi connectivity index (χ0n) is 17.8. The van der Waals surface area contributed by atoms with Crippen LogP contribution in [0.3, 0.4) is 0 Å². The Morgan fingerprint density at radius 1 is 1.09 bits per heavy atom. The number of aromatic nitrogens is 3. The van der Waals surface area contributed by atoms with Gasteiger partial charge in [-0.15, -0.1) is 0 Å². The average Bonchev–Trinajstić information content (AvgIpc) is 3.26. The van der Waals surface area contributed by atoms with Crippen LogP contribution in [0.4, 0.5) is 0 Å². The minimum atomic E-state index is -0.297. The predicted octanol–water partition coefficient (Wildman–Crippen LogP) is 6.25. The highest BCUT2D eigenvalue weighted by molar-refractivity contribution is 7.71. The molecule has 0 aliphatic heterocycles. The zero-order chi connectivity index (χ0) is 23.4. The van der Waals surface area contributed by atoms with Gasteiger partial charge in [0.15, 0.2) is 5.82 Å². The number of benzene rings is 2. The van der Waals surface area contributed by atoms with Gasteiger partial charge in [-0.25, -0.2) is 0 Å². The molecule has 0 aliphatic carbocycles. The van der Waals surface area contributed by atoms with Crippen LogP contribution < -0.4 is 10.3 Å². The molecule has 6 nitrogen and oxygen atoms in total. The lowest BCUT2D eigenvalue weighted by Gasteiger charge is -2.16. The van der Waals surface area contributed by atoms with E-state index in [-0.39, 0.29) is 22.0 Å². The van der Waals surface area contributed by atoms with E-state index < -0.39 is 0 Å². The molecule has 33 heavy (non-hydrogen) atoms. The van der Waals surface area contributed by atoms with Gasteiger partial charge in [-0.3, -0.25) is 9.78 Å². The second-order valence-electron chi connectivity index (χ2n) is 7.42. The summed E-state index contributed by atoms with van der Waals surface area (Å²) < 4.78 is 12.4. The van der Waals surface area contributed by atoms with Crippen LogP contribution in [0.25, 0.3) is 11.4 Å². The summed E-state index contributed by atoms with van der Waals surface area (Å²) in [4.78, 5) is 15.9. The van der Waals surface area contributed by atoms with Crippen molar-refractivity contribution in [2.24, 2.45) is 0 Å². The van der Waals surface area contributed by atoms with Crippen molar-refractivity contribution in [1.82, 2.24) is 14.7 Å². The fourth-order valence-corrected chi connectivity index (χ4v) is 4.12. The molecule has 4 aromatic rings. The van der Waals surface area contributed by atoms with Crippen molar-refractivity contribution >= 4 is 35.4 Å². The maximum absolute atomic E-state index is 12.8. The van der Waals surface area contributed by atoms with Gasteiger partial charge in [0.2, 0.25) is 0 Å². The lowest BCUT2D eigenvalue weighted by molar-refractivity contribution is 0.292. The SMILES string of the molecule is CCc1cccc(OCc2c(Cl)cc(Cl)c(=O)n2CCc2ccc(-c3noc(=S)[nH]3)cc2)c1. The molecule has 0 bridgehead atoms. The Kier molecular flexibility index (Phi) is 7.33. The molecule has 0 fully saturated rings. The van der Waals surface area contributed by atoms with Crippen LogP contribution in [0.2, 0.25) is 10.0 Å². The van der Waals surface area contributed by atoms with Crippen LogP contribution in [0.1, 0.15) is 23.7 Å². The van der Waals surface area contributed by atoms with Gasteiger partial charge < -0.3 is 13.8 Å². The minimum Gasteiger partial charge on any atom is -0.487 e. The third-order valence-corrected chi connectivity index (χ3v) is 6.05. The van der Waals surface area contributed by atoms with Gasteiger partial charge in [0.25, 0.3) is 10.4 Å². The lowest BCUT2D eigenvalue weighted by Crippen LogP contribution is -2.26. The third kappa shape index (κ3) is 5.55. The molecule has 0 spiro atoms. The van der Waals surface area contributed by atoms with Gasteiger partial charge in [0.05, 0.1) is 10.7 Å². The molecule has 0 saturated heterocycles. The number of nitrogens with one attached hydrogen (secondary N) is 1. The molecule has 9 heteroatoms. The lowest BCUT2D eigenvalue weighted by atomic mass is 10.1. The summed E-state index contributed by atoms with van der Waals surface area (Å²) >= 11 is 17.5. The van der Waals surface area contributed by atoms with Crippen molar-refractivity contribution in [3.63, 3.8) is 0 Å². The van der Waals surface area contributed by atoms with Gasteiger partial charge in [0, 0.05) is 12.1 Å². The van der Waals surface area contributed by atoms with Crippen LogP contribution in [-0.4, -0.2) is 14.7 Å². The summed E-state index contributed by atoms with van der Waals surface area (Å²) in [5.41, 5.74) is 3.34. The maximum Gasteiger partial charge on any atom is 0.295 e. The van der Waals surface area contributed by atoms with Crippen LogP contribution in [-0.2, 0) is 26.0 Å². The highest BCUT2D eigenvalue weighted by Crippen LogP contribution is 2.22. The molecular formula is C24H21Cl2N3O3S. The number of aryl methyl sites for hydroxylation is 2. The number of ether oxygens (including phenoxy) is 1. The zero-order valence-corrected chi connectivity index (χ0v) is 20.1. The fraction of sp³-hybridized carbons (Fsp3) is 0.208.